The molecule has 0 bridgehead atoms. The van der Waals surface area contributed by atoms with E-state index in [-0.39, 0.29) is 0 Å². The summed E-state index contributed by atoms with van der Waals surface area (Å²) in [5.41, 5.74) is 2.75. The van der Waals surface area contributed by atoms with E-state index in [0.29, 0.717) is 18.3 Å². The van der Waals surface area contributed by atoms with Crippen molar-refractivity contribution in [2.75, 3.05) is 0 Å². The molecule has 0 aliphatic heterocycles. The highest BCUT2D eigenvalue weighted by molar-refractivity contribution is 5.57. The predicted molar refractivity (Wildman–Crippen MR) is 76.9 cm³/mol. The second kappa shape index (κ2) is 6.04. The molecule has 0 saturated heterocycles. The number of hydrogen-bond donors (Lipinski definition) is 0. The summed E-state index contributed by atoms with van der Waals surface area (Å²) in [5, 5.41) is 12.2. The minimum Gasteiger partial charge on any atom is -0.339 e. The Balaban J connectivity index is 1.67. The molecule has 104 valence electrons. The van der Waals surface area contributed by atoms with Crippen molar-refractivity contribution >= 4 is 5.69 Å². The molecule has 0 aliphatic carbocycles. The third-order valence-corrected chi connectivity index (χ3v) is 2.84. The van der Waals surface area contributed by atoms with E-state index >= 15 is 0 Å². The van der Waals surface area contributed by atoms with Crippen molar-refractivity contribution in [3.63, 3.8) is 0 Å². The van der Waals surface area contributed by atoms with Crippen LogP contribution in [-0.4, -0.2) is 15.1 Å². The number of aryl methyl sites for hydroxylation is 1. The van der Waals surface area contributed by atoms with Crippen LogP contribution in [-0.2, 0) is 6.54 Å². The number of nitrogens with zero attached hydrogens (tertiary/aromatic N) is 5. The van der Waals surface area contributed by atoms with Crippen LogP contribution < -0.4 is 0 Å². The van der Waals surface area contributed by atoms with Gasteiger partial charge in [0, 0.05) is 24.9 Å². The number of azo groups is 1. The molecule has 1 aromatic carbocycles. The first-order valence-electron chi connectivity index (χ1n) is 6.48. The van der Waals surface area contributed by atoms with Crippen LogP contribution in [0.4, 0.5) is 5.69 Å². The number of rotatable bonds is 4. The third-order valence-electron chi connectivity index (χ3n) is 2.84. The van der Waals surface area contributed by atoms with Gasteiger partial charge in [-0.15, -0.1) is 0 Å². The zero-order chi connectivity index (χ0) is 14.5. The van der Waals surface area contributed by atoms with Gasteiger partial charge in [0.05, 0.1) is 12.2 Å². The monoisotopic (exact) mass is 279 g/mol. The summed E-state index contributed by atoms with van der Waals surface area (Å²) < 4.78 is 4.95. The Kier molecular flexibility index (Phi) is 3.77. The van der Waals surface area contributed by atoms with E-state index < -0.39 is 0 Å². The van der Waals surface area contributed by atoms with E-state index in [4.69, 9.17) is 4.52 Å². The van der Waals surface area contributed by atoms with E-state index in [1.54, 1.807) is 19.3 Å². The zero-order valence-corrected chi connectivity index (χ0v) is 11.5. The Morgan fingerprint density at radius 1 is 1.05 bits per heavy atom. The number of aromatic nitrogens is 3. The topological polar surface area (TPSA) is 76.5 Å². The molecule has 3 aromatic rings. The minimum atomic E-state index is 0.536. The molecule has 6 nitrogen and oxygen atoms in total. The first-order chi connectivity index (χ1) is 10.3. The summed E-state index contributed by atoms with van der Waals surface area (Å²) in [6, 6.07) is 11.4. The lowest BCUT2D eigenvalue weighted by molar-refractivity contribution is 0.394. The molecule has 0 atom stereocenters. The summed E-state index contributed by atoms with van der Waals surface area (Å²) in [5.74, 6) is 1.12. The van der Waals surface area contributed by atoms with Gasteiger partial charge in [-0.2, -0.15) is 15.2 Å². The molecule has 0 saturated carbocycles. The van der Waals surface area contributed by atoms with Crippen LogP contribution in [0.1, 0.15) is 11.5 Å². The fourth-order valence-corrected chi connectivity index (χ4v) is 1.78. The highest BCUT2D eigenvalue weighted by atomic mass is 16.5. The van der Waals surface area contributed by atoms with Crippen molar-refractivity contribution in [2.45, 2.75) is 13.5 Å². The normalized spacial score (nSPS) is 11.1. The summed E-state index contributed by atoms with van der Waals surface area (Å²) in [7, 11) is 0. The zero-order valence-electron chi connectivity index (χ0n) is 11.5. The van der Waals surface area contributed by atoms with Crippen LogP contribution in [0.25, 0.3) is 11.4 Å². The minimum absolute atomic E-state index is 0.536. The predicted octanol–water partition coefficient (Wildman–Crippen LogP) is 3.72. The van der Waals surface area contributed by atoms with Gasteiger partial charge in [-0.25, -0.2) is 0 Å². The van der Waals surface area contributed by atoms with E-state index in [0.717, 1.165) is 16.8 Å². The molecule has 0 N–H and O–H groups in total. The Morgan fingerprint density at radius 2 is 1.81 bits per heavy atom. The van der Waals surface area contributed by atoms with Crippen LogP contribution in [0.15, 0.2) is 63.5 Å². The smallest absolute Gasteiger partial charge is 0.223 e. The molecule has 6 heteroatoms. The maximum absolute atomic E-state index is 4.95. The third kappa shape index (κ3) is 3.36. The van der Waals surface area contributed by atoms with Gasteiger partial charge in [-0.05, 0) is 42.0 Å². The van der Waals surface area contributed by atoms with Crippen molar-refractivity contribution in [2.24, 2.45) is 10.2 Å². The van der Waals surface area contributed by atoms with Gasteiger partial charge in [-0.3, -0.25) is 4.98 Å². The van der Waals surface area contributed by atoms with Gasteiger partial charge in [0.1, 0.15) is 0 Å². The van der Waals surface area contributed by atoms with Crippen molar-refractivity contribution in [3.8, 4) is 11.4 Å². The van der Waals surface area contributed by atoms with Gasteiger partial charge in [0.15, 0.2) is 0 Å². The number of pyridine rings is 1. The van der Waals surface area contributed by atoms with Crippen molar-refractivity contribution < 1.29 is 4.52 Å². The average molecular weight is 279 g/mol. The lowest BCUT2D eigenvalue weighted by Gasteiger charge is -1.96. The summed E-state index contributed by atoms with van der Waals surface area (Å²) in [6.07, 6.45) is 3.49. The van der Waals surface area contributed by atoms with E-state index in [9.17, 15) is 0 Å². The molecule has 0 spiro atoms. The summed E-state index contributed by atoms with van der Waals surface area (Å²) in [4.78, 5) is 8.13. The first-order valence-corrected chi connectivity index (χ1v) is 6.48. The Bertz CT molecular complexity index is 734. The standard InChI is InChI=1S/C15H13N5O/c1-11-18-15(20-21-11)13-2-4-14(5-3-13)19-17-10-12-6-8-16-9-7-12/h2-9H,10H2,1H3. The quantitative estimate of drug-likeness (QED) is 0.682. The van der Waals surface area contributed by atoms with Crippen molar-refractivity contribution in [1.82, 2.24) is 15.1 Å². The molecule has 0 fully saturated rings. The second-order valence-corrected chi connectivity index (χ2v) is 4.44. The molecular formula is C15H13N5O. The van der Waals surface area contributed by atoms with Gasteiger partial charge in [0.2, 0.25) is 11.7 Å². The molecule has 0 amide bonds. The molecular weight excluding hydrogens is 266 g/mol. The van der Waals surface area contributed by atoms with E-state index in [1.165, 1.54) is 0 Å². The highest BCUT2D eigenvalue weighted by Gasteiger charge is 2.04. The lowest BCUT2D eigenvalue weighted by Crippen LogP contribution is -1.81. The highest BCUT2D eigenvalue weighted by Crippen LogP contribution is 2.20. The average Bonchev–Trinajstić information content (AvgIpc) is 2.96. The molecule has 2 heterocycles. The lowest BCUT2D eigenvalue weighted by atomic mass is 10.2. The maximum atomic E-state index is 4.95. The molecule has 0 unspecified atom stereocenters. The van der Waals surface area contributed by atoms with E-state index in [1.807, 2.05) is 36.4 Å². The fourth-order valence-electron chi connectivity index (χ4n) is 1.78. The Hall–Kier alpha value is -2.89. The molecule has 21 heavy (non-hydrogen) atoms. The Labute approximate surface area is 121 Å². The van der Waals surface area contributed by atoms with Crippen LogP contribution >= 0.6 is 0 Å². The van der Waals surface area contributed by atoms with Crippen LogP contribution in [0.5, 0.6) is 0 Å². The van der Waals surface area contributed by atoms with Gasteiger partial charge in [0.25, 0.3) is 0 Å². The first kappa shape index (κ1) is 13.1. The largest absolute Gasteiger partial charge is 0.339 e. The molecule has 2 aromatic heterocycles. The Morgan fingerprint density at radius 3 is 2.48 bits per heavy atom. The van der Waals surface area contributed by atoms with Gasteiger partial charge < -0.3 is 4.52 Å². The molecule has 0 radical (unpaired) electrons. The number of benzene rings is 1. The molecule has 0 aliphatic rings. The van der Waals surface area contributed by atoms with Crippen LogP contribution in [0.3, 0.4) is 0 Å². The number of hydrogen-bond acceptors (Lipinski definition) is 6. The summed E-state index contributed by atoms with van der Waals surface area (Å²) in [6.45, 7) is 2.30. The van der Waals surface area contributed by atoms with Gasteiger partial charge >= 0.3 is 0 Å². The van der Waals surface area contributed by atoms with Gasteiger partial charge in [-0.1, -0.05) is 5.16 Å². The van der Waals surface area contributed by atoms with Crippen LogP contribution in [0, 0.1) is 6.92 Å². The molecule has 3 rings (SSSR count). The second-order valence-electron chi connectivity index (χ2n) is 4.44. The van der Waals surface area contributed by atoms with Crippen LogP contribution in [0.2, 0.25) is 0 Å². The van der Waals surface area contributed by atoms with Crippen molar-refractivity contribution in [1.29, 1.82) is 0 Å². The maximum Gasteiger partial charge on any atom is 0.223 e. The van der Waals surface area contributed by atoms with E-state index in [2.05, 4.69) is 25.4 Å². The SMILES string of the molecule is Cc1nc(-c2ccc(N=NCc3ccncc3)cc2)no1. The summed E-state index contributed by atoms with van der Waals surface area (Å²) >= 11 is 0. The fraction of sp³-hybridized carbons (Fsp3) is 0.133. The van der Waals surface area contributed by atoms with Crippen molar-refractivity contribution in [3.05, 3.63) is 60.2 Å².